The number of rotatable bonds is 10. The van der Waals surface area contributed by atoms with E-state index in [1.807, 2.05) is 66.3 Å². The smallest absolute Gasteiger partial charge is 0.269 e. The first kappa shape index (κ1) is 27.0. The molecule has 0 aliphatic rings. The summed E-state index contributed by atoms with van der Waals surface area (Å²) in [6.07, 6.45) is 4.59. The summed E-state index contributed by atoms with van der Waals surface area (Å²) in [5.41, 5.74) is 3.09. The maximum Gasteiger partial charge on any atom is 0.269 e. The second kappa shape index (κ2) is 11.2. The first-order valence-electron chi connectivity index (χ1n) is 12.6. The normalized spacial score (nSPS) is 12.4. The molecule has 0 fully saturated rings. The molecule has 2 N–H and O–H groups in total. The average molecular weight is 558 g/mol. The Balaban J connectivity index is 1.38. The number of aryl methyl sites for hydroxylation is 2. The zero-order chi connectivity index (χ0) is 28.3. The molecule has 3 aromatic carbocycles. The van der Waals surface area contributed by atoms with Crippen molar-refractivity contribution in [2.45, 2.75) is 17.7 Å². The lowest BCUT2D eigenvalue weighted by atomic mass is 9.98. The third-order valence-corrected chi connectivity index (χ3v) is 8.32. The number of benzene rings is 3. The van der Waals surface area contributed by atoms with Crippen LogP contribution in [0.15, 0.2) is 96.2 Å². The van der Waals surface area contributed by atoms with E-state index in [4.69, 9.17) is 0 Å². The van der Waals surface area contributed by atoms with Gasteiger partial charge in [0.1, 0.15) is 0 Å². The molecule has 0 saturated carbocycles. The highest BCUT2D eigenvalue weighted by Crippen LogP contribution is 2.25. The number of aromatic nitrogens is 2. The van der Waals surface area contributed by atoms with Gasteiger partial charge in [-0.15, -0.1) is 0 Å². The lowest BCUT2D eigenvalue weighted by Crippen LogP contribution is -2.36. The Labute approximate surface area is 230 Å². The molecule has 0 bridgehead atoms. The topological polar surface area (TPSA) is 136 Å². The quantitative estimate of drug-likeness (QED) is 0.187. The minimum atomic E-state index is -4.02. The minimum absolute atomic E-state index is 0.121. The van der Waals surface area contributed by atoms with Crippen LogP contribution in [0.25, 0.3) is 21.8 Å². The number of nitrogens with zero attached hydrogens (tertiary/aromatic N) is 3. The Bertz CT molecular complexity index is 1810. The van der Waals surface area contributed by atoms with Crippen molar-refractivity contribution in [1.29, 1.82) is 0 Å². The second-order valence-corrected chi connectivity index (χ2v) is 11.3. The molecule has 10 nitrogen and oxygen atoms in total. The summed E-state index contributed by atoms with van der Waals surface area (Å²) < 4.78 is 30.6. The second-order valence-electron chi connectivity index (χ2n) is 9.49. The molecule has 0 saturated heterocycles. The number of sulfonamides is 1. The van der Waals surface area contributed by atoms with Gasteiger partial charge in [-0.05, 0) is 48.7 Å². The van der Waals surface area contributed by atoms with Gasteiger partial charge in [-0.3, -0.25) is 19.9 Å². The van der Waals surface area contributed by atoms with Gasteiger partial charge in [-0.25, -0.2) is 13.1 Å². The number of nitrogens with one attached hydrogen (secondary N) is 2. The molecule has 204 valence electrons. The number of anilines is 1. The largest absolute Gasteiger partial charge is 0.350 e. The molecular formula is C29H27N5O5S. The predicted octanol–water partition coefficient (Wildman–Crippen LogP) is 4.80. The summed E-state index contributed by atoms with van der Waals surface area (Å²) in [5, 5.41) is 15.8. The van der Waals surface area contributed by atoms with Gasteiger partial charge in [0, 0.05) is 54.4 Å². The highest BCUT2D eigenvalue weighted by atomic mass is 32.2. The third-order valence-electron chi connectivity index (χ3n) is 6.88. The summed E-state index contributed by atoms with van der Waals surface area (Å²) >= 11 is 0. The van der Waals surface area contributed by atoms with E-state index in [2.05, 4.69) is 15.0 Å². The molecule has 5 aromatic rings. The molecule has 1 unspecified atom stereocenters. The molecule has 0 radical (unpaired) electrons. The third kappa shape index (κ3) is 5.70. The number of nitro groups is 1. The van der Waals surface area contributed by atoms with Gasteiger partial charge < -0.3 is 9.88 Å². The number of amides is 1. The summed E-state index contributed by atoms with van der Waals surface area (Å²) in [4.78, 5) is 28.2. The fourth-order valence-corrected chi connectivity index (χ4v) is 5.84. The van der Waals surface area contributed by atoms with E-state index in [9.17, 15) is 23.3 Å². The van der Waals surface area contributed by atoms with Crippen LogP contribution in [0.5, 0.6) is 0 Å². The monoisotopic (exact) mass is 557 g/mol. The van der Waals surface area contributed by atoms with Gasteiger partial charge >= 0.3 is 0 Å². The number of hydrogen-bond acceptors (Lipinski definition) is 6. The zero-order valence-electron chi connectivity index (χ0n) is 21.7. The van der Waals surface area contributed by atoms with E-state index >= 15 is 0 Å². The lowest BCUT2D eigenvalue weighted by molar-refractivity contribution is -0.384. The van der Waals surface area contributed by atoms with Crippen LogP contribution >= 0.6 is 0 Å². The van der Waals surface area contributed by atoms with E-state index in [1.54, 1.807) is 12.3 Å². The summed E-state index contributed by atoms with van der Waals surface area (Å²) in [5.74, 6) is -1.06. The van der Waals surface area contributed by atoms with E-state index in [-0.39, 0.29) is 23.0 Å². The fraction of sp³-hybridized carbons (Fsp3) is 0.172. The predicted molar refractivity (Wildman–Crippen MR) is 153 cm³/mol. The van der Waals surface area contributed by atoms with Crippen LogP contribution in [0.3, 0.4) is 0 Å². The number of non-ortho nitro benzene ring substituents is 1. The average Bonchev–Trinajstić information content (AvgIpc) is 3.28. The maximum atomic E-state index is 13.6. The van der Waals surface area contributed by atoms with Crippen molar-refractivity contribution in [2.24, 2.45) is 13.0 Å². The Morgan fingerprint density at radius 3 is 2.55 bits per heavy atom. The van der Waals surface area contributed by atoms with Crippen molar-refractivity contribution in [3.63, 3.8) is 0 Å². The lowest BCUT2D eigenvalue weighted by Gasteiger charge is -2.18. The summed E-state index contributed by atoms with van der Waals surface area (Å²) in [6, 6.07) is 21.8. The Morgan fingerprint density at radius 2 is 1.77 bits per heavy atom. The van der Waals surface area contributed by atoms with Crippen LogP contribution in [-0.4, -0.2) is 35.3 Å². The van der Waals surface area contributed by atoms with Crippen molar-refractivity contribution in [1.82, 2.24) is 14.3 Å². The van der Waals surface area contributed by atoms with Gasteiger partial charge in [0.2, 0.25) is 15.9 Å². The number of hydrogen-bond donors (Lipinski definition) is 2. The van der Waals surface area contributed by atoms with Crippen LogP contribution in [0.2, 0.25) is 0 Å². The van der Waals surface area contributed by atoms with E-state index in [0.29, 0.717) is 24.0 Å². The SMILES string of the molecule is Cn1cc(CCC(CNS(=O)(=O)c2ccc([N+](=O)[O-])cc2)C(=O)Nc2cccc3cccnc23)c2ccccc21. The van der Waals surface area contributed by atoms with Gasteiger partial charge in [0.05, 0.1) is 26.9 Å². The van der Waals surface area contributed by atoms with Gasteiger partial charge in [-0.1, -0.05) is 36.4 Å². The van der Waals surface area contributed by atoms with Crippen LogP contribution in [0, 0.1) is 16.0 Å². The van der Waals surface area contributed by atoms with Crippen LogP contribution < -0.4 is 10.0 Å². The van der Waals surface area contributed by atoms with Crippen molar-refractivity contribution in [2.75, 3.05) is 11.9 Å². The van der Waals surface area contributed by atoms with Crippen LogP contribution in [-0.2, 0) is 28.3 Å². The fourth-order valence-electron chi connectivity index (χ4n) is 4.76. The maximum absolute atomic E-state index is 13.6. The molecule has 2 aromatic heterocycles. The number of pyridine rings is 1. The van der Waals surface area contributed by atoms with Crippen molar-refractivity contribution in [3.8, 4) is 0 Å². The van der Waals surface area contributed by atoms with Crippen LogP contribution in [0.1, 0.15) is 12.0 Å². The number of nitro benzene ring substituents is 1. The van der Waals surface area contributed by atoms with E-state index in [0.717, 1.165) is 34.0 Å². The van der Waals surface area contributed by atoms with Crippen molar-refractivity contribution < 1.29 is 18.1 Å². The standard InChI is InChI=1S/C29H27N5O5S/c1-33-19-22(25-8-2-3-10-27(25)33)12-11-21(18-31-40(38,39)24-15-13-23(14-16-24)34(36)37)29(35)32-26-9-4-6-20-7-5-17-30-28(20)26/h2-10,13-17,19,21,31H,11-12,18H2,1H3,(H,32,35). The summed E-state index contributed by atoms with van der Waals surface area (Å²) in [7, 11) is -2.06. The van der Waals surface area contributed by atoms with Crippen LogP contribution in [0.4, 0.5) is 11.4 Å². The van der Waals surface area contributed by atoms with Gasteiger partial charge in [-0.2, -0.15) is 0 Å². The first-order chi connectivity index (χ1) is 19.2. The molecule has 1 amide bonds. The zero-order valence-corrected chi connectivity index (χ0v) is 22.5. The first-order valence-corrected chi connectivity index (χ1v) is 14.1. The molecule has 5 rings (SSSR count). The molecule has 11 heteroatoms. The number of fused-ring (bicyclic) bond motifs is 2. The molecule has 0 aliphatic carbocycles. The molecule has 1 atom stereocenters. The van der Waals surface area contributed by atoms with Crippen molar-refractivity contribution >= 4 is 49.1 Å². The Morgan fingerprint density at radius 1 is 1.02 bits per heavy atom. The minimum Gasteiger partial charge on any atom is -0.350 e. The highest BCUT2D eigenvalue weighted by Gasteiger charge is 2.24. The molecule has 0 aliphatic heterocycles. The van der Waals surface area contributed by atoms with E-state index < -0.39 is 20.9 Å². The van der Waals surface area contributed by atoms with Gasteiger partial charge in [0.15, 0.2) is 0 Å². The molecule has 2 heterocycles. The number of para-hydroxylation sites is 2. The number of carbonyl (C=O) groups excluding carboxylic acids is 1. The van der Waals surface area contributed by atoms with E-state index in [1.165, 1.54) is 12.1 Å². The van der Waals surface area contributed by atoms with Crippen molar-refractivity contribution in [3.05, 3.63) is 107 Å². The molecule has 40 heavy (non-hydrogen) atoms. The summed E-state index contributed by atoms with van der Waals surface area (Å²) in [6.45, 7) is -0.159. The highest BCUT2D eigenvalue weighted by molar-refractivity contribution is 7.89. The molecular weight excluding hydrogens is 530 g/mol. The molecule has 0 spiro atoms. The Kier molecular flexibility index (Phi) is 7.58. The Hall–Kier alpha value is -4.61. The number of carbonyl (C=O) groups is 1. The van der Waals surface area contributed by atoms with Gasteiger partial charge in [0.25, 0.3) is 5.69 Å².